The topological polar surface area (TPSA) is 68.5 Å². The molecule has 1 amide bonds. The zero-order valence-electron chi connectivity index (χ0n) is 15.6. The highest BCUT2D eigenvalue weighted by atomic mass is 32.2. The summed E-state index contributed by atoms with van der Waals surface area (Å²) in [5, 5.41) is 11.4. The van der Waals surface area contributed by atoms with Crippen molar-refractivity contribution in [2.24, 2.45) is 0 Å². The highest BCUT2D eigenvalue weighted by molar-refractivity contribution is 7.98. The van der Waals surface area contributed by atoms with Gasteiger partial charge in [-0.2, -0.15) is 11.8 Å². The number of carbonyl (C=O) groups is 1. The Bertz CT molecular complexity index is 989. The Labute approximate surface area is 166 Å². The maximum atomic E-state index is 13.8. The summed E-state index contributed by atoms with van der Waals surface area (Å²) in [6.45, 7) is 0. The molecule has 0 aliphatic rings. The summed E-state index contributed by atoms with van der Waals surface area (Å²) in [5.41, 5.74) is 1.30. The van der Waals surface area contributed by atoms with E-state index >= 15 is 0 Å². The molecular weight excluding hydrogens is 379 g/mol. The number of benzene rings is 1. The van der Waals surface area contributed by atoms with Gasteiger partial charge >= 0.3 is 0 Å². The fourth-order valence-corrected chi connectivity index (χ4v) is 3.25. The lowest BCUT2D eigenvalue weighted by molar-refractivity contribution is -0.117. The SMILES string of the molecule is COc1ccc(/C=C/C(=O)NC(CCSC)c2nnc3ccccn23)cc1F. The van der Waals surface area contributed by atoms with Gasteiger partial charge in [0.1, 0.15) is 0 Å². The number of fused-ring (bicyclic) bond motifs is 1. The number of thioether (sulfide) groups is 1. The predicted molar refractivity (Wildman–Crippen MR) is 109 cm³/mol. The van der Waals surface area contributed by atoms with Gasteiger partial charge in [-0.1, -0.05) is 12.1 Å². The molecule has 1 N–H and O–H groups in total. The van der Waals surface area contributed by atoms with Crippen LogP contribution in [0, 0.1) is 5.82 Å². The molecule has 6 nitrogen and oxygen atoms in total. The Kier molecular flexibility index (Phi) is 6.65. The zero-order chi connectivity index (χ0) is 19.9. The minimum absolute atomic E-state index is 0.164. The van der Waals surface area contributed by atoms with Crippen molar-refractivity contribution in [3.63, 3.8) is 0 Å². The van der Waals surface area contributed by atoms with E-state index in [-0.39, 0.29) is 17.7 Å². The first-order valence-electron chi connectivity index (χ1n) is 8.73. The van der Waals surface area contributed by atoms with E-state index < -0.39 is 5.82 Å². The average Bonchev–Trinajstić information content (AvgIpc) is 3.14. The molecule has 0 fully saturated rings. The Hall–Kier alpha value is -2.87. The number of hydrogen-bond acceptors (Lipinski definition) is 5. The van der Waals surface area contributed by atoms with Crippen LogP contribution in [0.15, 0.2) is 48.7 Å². The first-order valence-corrected chi connectivity index (χ1v) is 10.1. The Balaban J connectivity index is 1.75. The number of pyridine rings is 1. The molecule has 1 aromatic carbocycles. The van der Waals surface area contributed by atoms with Gasteiger partial charge in [-0.15, -0.1) is 10.2 Å². The lowest BCUT2D eigenvalue weighted by Gasteiger charge is -2.16. The number of methoxy groups -OCH3 is 1. The fourth-order valence-electron chi connectivity index (χ4n) is 2.78. The Morgan fingerprint density at radius 3 is 2.96 bits per heavy atom. The molecule has 0 radical (unpaired) electrons. The summed E-state index contributed by atoms with van der Waals surface area (Å²) in [4.78, 5) is 12.4. The van der Waals surface area contributed by atoms with Gasteiger partial charge in [0.05, 0.1) is 13.2 Å². The third-order valence-corrected chi connectivity index (χ3v) is 4.83. The smallest absolute Gasteiger partial charge is 0.244 e. The normalized spacial score (nSPS) is 12.4. The molecule has 8 heteroatoms. The Morgan fingerprint density at radius 1 is 1.36 bits per heavy atom. The lowest BCUT2D eigenvalue weighted by atomic mass is 10.1. The maximum absolute atomic E-state index is 13.8. The minimum atomic E-state index is -0.474. The number of ether oxygens (including phenoxy) is 1. The van der Waals surface area contributed by atoms with Crippen molar-refractivity contribution in [1.82, 2.24) is 19.9 Å². The van der Waals surface area contributed by atoms with E-state index in [0.29, 0.717) is 17.8 Å². The number of nitrogens with zero attached hydrogens (tertiary/aromatic N) is 3. The van der Waals surface area contributed by atoms with Crippen LogP contribution in [0.4, 0.5) is 4.39 Å². The molecule has 0 aliphatic carbocycles. The van der Waals surface area contributed by atoms with Gasteiger partial charge in [-0.3, -0.25) is 9.20 Å². The first-order chi connectivity index (χ1) is 13.6. The van der Waals surface area contributed by atoms with Gasteiger partial charge in [-0.05, 0) is 54.3 Å². The van der Waals surface area contributed by atoms with Crippen LogP contribution in [0.1, 0.15) is 23.9 Å². The van der Waals surface area contributed by atoms with E-state index in [0.717, 1.165) is 11.4 Å². The van der Waals surface area contributed by atoms with Gasteiger partial charge in [-0.25, -0.2) is 4.39 Å². The molecule has 1 unspecified atom stereocenters. The number of amides is 1. The number of carbonyl (C=O) groups excluding carboxylic acids is 1. The molecule has 0 aliphatic heterocycles. The number of hydrogen-bond donors (Lipinski definition) is 1. The maximum Gasteiger partial charge on any atom is 0.244 e. The molecule has 146 valence electrons. The van der Waals surface area contributed by atoms with Crippen LogP contribution in [0.2, 0.25) is 0 Å². The quantitative estimate of drug-likeness (QED) is 0.586. The Morgan fingerprint density at radius 2 is 2.21 bits per heavy atom. The molecular formula is C20H21FN4O2S. The van der Waals surface area contributed by atoms with Crippen LogP contribution in [0.3, 0.4) is 0 Å². The second-order valence-corrected chi connectivity index (χ2v) is 7.04. The van der Waals surface area contributed by atoms with Crippen LogP contribution in [0.5, 0.6) is 5.75 Å². The molecule has 0 bridgehead atoms. The minimum Gasteiger partial charge on any atom is -0.494 e. The van der Waals surface area contributed by atoms with E-state index in [9.17, 15) is 9.18 Å². The monoisotopic (exact) mass is 400 g/mol. The van der Waals surface area contributed by atoms with E-state index in [2.05, 4.69) is 15.5 Å². The number of nitrogens with one attached hydrogen (secondary N) is 1. The molecule has 28 heavy (non-hydrogen) atoms. The standard InChI is InChI=1S/C20H21FN4O2S/c1-27-17-8-6-14(13-15(17)21)7-9-19(26)22-16(10-12-28-2)20-24-23-18-5-3-4-11-25(18)20/h3-9,11,13,16H,10,12H2,1-2H3,(H,22,26)/b9-7+. The molecule has 3 rings (SSSR count). The van der Waals surface area contributed by atoms with Crippen LogP contribution in [-0.2, 0) is 4.79 Å². The third kappa shape index (κ3) is 4.69. The summed E-state index contributed by atoms with van der Waals surface area (Å²) >= 11 is 1.69. The number of rotatable bonds is 8. The molecule has 3 aromatic rings. The highest BCUT2D eigenvalue weighted by Gasteiger charge is 2.19. The van der Waals surface area contributed by atoms with E-state index in [1.165, 1.54) is 25.3 Å². The predicted octanol–water partition coefficient (Wildman–Crippen LogP) is 3.50. The molecule has 0 saturated carbocycles. The van der Waals surface area contributed by atoms with Crippen LogP contribution in [0.25, 0.3) is 11.7 Å². The van der Waals surface area contributed by atoms with Crippen LogP contribution in [-0.4, -0.2) is 39.6 Å². The second kappa shape index (κ2) is 9.36. The van der Waals surface area contributed by atoms with E-state index in [4.69, 9.17) is 4.74 Å². The molecule has 2 aromatic heterocycles. The van der Waals surface area contributed by atoms with Crippen molar-refractivity contribution in [2.75, 3.05) is 19.1 Å². The van der Waals surface area contributed by atoms with Gasteiger partial charge in [0, 0.05) is 12.3 Å². The van der Waals surface area contributed by atoms with Gasteiger partial charge in [0.15, 0.2) is 23.0 Å². The summed E-state index contributed by atoms with van der Waals surface area (Å²) in [6, 6.07) is 9.89. The van der Waals surface area contributed by atoms with Crippen molar-refractivity contribution in [3.8, 4) is 5.75 Å². The second-order valence-electron chi connectivity index (χ2n) is 6.06. The molecule has 2 heterocycles. The van der Waals surface area contributed by atoms with E-state index in [1.54, 1.807) is 23.9 Å². The molecule has 1 atom stereocenters. The highest BCUT2D eigenvalue weighted by Crippen LogP contribution is 2.20. The van der Waals surface area contributed by atoms with Crippen molar-refractivity contribution < 1.29 is 13.9 Å². The number of aromatic nitrogens is 3. The van der Waals surface area contributed by atoms with Gasteiger partial charge in [0.25, 0.3) is 0 Å². The van der Waals surface area contributed by atoms with Crippen molar-refractivity contribution in [1.29, 1.82) is 0 Å². The summed E-state index contributed by atoms with van der Waals surface area (Å²) in [7, 11) is 1.41. The molecule has 0 spiro atoms. The van der Waals surface area contributed by atoms with Gasteiger partial charge in [0.2, 0.25) is 5.91 Å². The largest absolute Gasteiger partial charge is 0.494 e. The molecule has 0 saturated heterocycles. The van der Waals surface area contributed by atoms with Crippen molar-refractivity contribution in [3.05, 3.63) is 65.9 Å². The zero-order valence-corrected chi connectivity index (χ0v) is 16.4. The lowest BCUT2D eigenvalue weighted by Crippen LogP contribution is -2.29. The summed E-state index contributed by atoms with van der Waals surface area (Å²) < 4.78 is 20.5. The number of halogens is 1. The van der Waals surface area contributed by atoms with Crippen molar-refractivity contribution >= 4 is 29.4 Å². The third-order valence-electron chi connectivity index (χ3n) is 4.18. The van der Waals surface area contributed by atoms with E-state index in [1.807, 2.05) is 35.1 Å². The van der Waals surface area contributed by atoms with Crippen LogP contribution < -0.4 is 10.1 Å². The first kappa shape index (κ1) is 19.9. The van der Waals surface area contributed by atoms with Gasteiger partial charge < -0.3 is 10.1 Å². The summed E-state index contributed by atoms with van der Waals surface area (Å²) in [6.07, 6.45) is 7.55. The summed E-state index contributed by atoms with van der Waals surface area (Å²) in [5.74, 6) is 0.951. The average molecular weight is 400 g/mol. The van der Waals surface area contributed by atoms with Crippen molar-refractivity contribution in [2.45, 2.75) is 12.5 Å². The van der Waals surface area contributed by atoms with Crippen LogP contribution >= 0.6 is 11.8 Å². The fraction of sp³-hybridized carbons (Fsp3) is 0.250.